The SMILES string of the molecule is CCN(CC)S(=O)(=O)c1cc(C(=O)NCc2nn(-c3ccccc3)c3c2CCC3)ccc1OC. The molecule has 0 atom stereocenters. The Morgan fingerprint density at radius 1 is 1.12 bits per heavy atom. The molecular weight excluding hydrogens is 452 g/mol. The highest BCUT2D eigenvalue weighted by Crippen LogP contribution is 2.29. The van der Waals surface area contributed by atoms with Crippen molar-refractivity contribution in [2.75, 3.05) is 20.2 Å². The average Bonchev–Trinajstić information content (AvgIpc) is 3.46. The van der Waals surface area contributed by atoms with E-state index in [-0.39, 0.29) is 28.7 Å². The van der Waals surface area contributed by atoms with Crippen molar-refractivity contribution >= 4 is 15.9 Å². The van der Waals surface area contributed by atoms with Crippen LogP contribution in [0.1, 0.15) is 47.6 Å². The molecule has 34 heavy (non-hydrogen) atoms. The van der Waals surface area contributed by atoms with Crippen LogP contribution in [-0.2, 0) is 29.4 Å². The molecule has 2 aromatic carbocycles. The molecule has 1 N–H and O–H groups in total. The van der Waals surface area contributed by atoms with Crippen LogP contribution in [0.3, 0.4) is 0 Å². The molecule has 8 nitrogen and oxygen atoms in total. The minimum absolute atomic E-state index is 0.0133. The van der Waals surface area contributed by atoms with E-state index in [9.17, 15) is 13.2 Å². The summed E-state index contributed by atoms with van der Waals surface area (Å²) in [6.07, 6.45) is 2.95. The van der Waals surface area contributed by atoms with Crippen molar-refractivity contribution in [3.05, 3.63) is 71.0 Å². The molecule has 0 saturated heterocycles. The Balaban J connectivity index is 1.58. The number of para-hydroxylation sites is 1. The fourth-order valence-electron chi connectivity index (χ4n) is 4.43. The summed E-state index contributed by atoms with van der Waals surface area (Å²) in [6, 6.07) is 14.4. The van der Waals surface area contributed by atoms with Crippen LogP contribution in [0.15, 0.2) is 53.4 Å². The van der Waals surface area contributed by atoms with Crippen LogP contribution in [0.2, 0.25) is 0 Å². The average molecular weight is 483 g/mol. The van der Waals surface area contributed by atoms with Gasteiger partial charge in [-0.25, -0.2) is 13.1 Å². The Hall–Kier alpha value is -3.17. The van der Waals surface area contributed by atoms with Gasteiger partial charge in [-0.05, 0) is 55.2 Å². The summed E-state index contributed by atoms with van der Waals surface area (Å²) in [7, 11) is -2.37. The van der Waals surface area contributed by atoms with Crippen LogP contribution in [0.4, 0.5) is 0 Å². The zero-order chi connectivity index (χ0) is 24.3. The molecule has 0 aliphatic heterocycles. The summed E-state index contributed by atoms with van der Waals surface area (Å²) in [5.74, 6) is -0.150. The smallest absolute Gasteiger partial charge is 0.251 e. The molecule has 0 radical (unpaired) electrons. The first-order chi connectivity index (χ1) is 16.4. The number of ether oxygens (including phenoxy) is 1. The standard InChI is InChI=1S/C25H30N4O4S/c1-4-28(5-2)34(31,32)24-16-18(14-15-23(24)33-3)25(30)26-17-21-20-12-9-13-22(20)29(27-21)19-10-7-6-8-11-19/h6-8,10-11,14-16H,4-5,9,12-13,17H2,1-3H3,(H,26,30). The number of carbonyl (C=O) groups excluding carboxylic acids is 1. The minimum Gasteiger partial charge on any atom is -0.495 e. The fourth-order valence-corrected chi connectivity index (χ4v) is 6.07. The molecule has 3 aromatic rings. The summed E-state index contributed by atoms with van der Waals surface area (Å²) >= 11 is 0. The van der Waals surface area contributed by atoms with Crippen molar-refractivity contribution in [1.82, 2.24) is 19.4 Å². The van der Waals surface area contributed by atoms with Gasteiger partial charge in [0.05, 0.1) is 25.0 Å². The highest BCUT2D eigenvalue weighted by atomic mass is 32.2. The third-order valence-corrected chi connectivity index (χ3v) is 8.25. The van der Waals surface area contributed by atoms with Gasteiger partial charge in [0.15, 0.2) is 0 Å². The van der Waals surface area contributed by atoms with Gasteiger partial charge in [0, 0.05) is 24.3 Å². The minimum atomic E-state index is -3.79. The molecule has 1 aliphatic carbocycles. The molecule has 0 unspecified atom stereocenters. The highest BCUT2D eigenvalue weighted by molar-refractivity contribution is 7.89. The maximum atomic E-state index is 13.1. The van der Waals surface area contributed by atoms with Crippen LogP contribution in [0, 0.1) is 0 Å². The largest absolute Gasteiger partial charge is 0.495 e. The van der Waals surface area contributed by atoms with E-state index in [4.69, 9.17) is 9.84 Å². The van der Waals surface area contributed by atoms with Gasteiger partial charge < -0.3 is 10.1 Å². The Morgan fingerprint density at radius 2 is 1.85 bits per heavy atom. The van der Waals surface area contributed by atoms with Crippen molar-refractivity contribution in [2.24, 2.45) is 0 Å². The zero-order valence-corrected chi connectivity index (χ0v) is 20.6. The Kier molecular flexibility index (Phi) is 7.04. The van der Waals surface area contributed by atoms with E-state index < -0.39 is 10.0 Å². The number of hydrogen-bond acceptors (Lipinski definition) is 5. The normalized spacial score (nSPS) is 13.2. The second-order valence-electron chi connectivity index (χ2n) is 8.11. The molecule has 1 aliphatic rings. The van der Waals surface area contributed by atoms with E-state index in [2.05, 4.69) is 5.32 Å². The number of methoxy groups -OCH3 is 1. The fraction of sp³-hybridized carbons (Fsp3) is 0.360. The first-order valence-corrected chi connectivity index (χ1v) is 13.0. The first kappa shape index (κ1) is 24.0. The first-order valence-electron chi connectivity index (χ1n) is 11.5. The summed E-state index contributed by atoms with van der Waals surface area (Å²) in [5.41, 5.74) is 4.47. The summed E-state index contributed by atoms with van der Waals surface area (Å²) in [6.45, 7) is 4.47. The van der Waals surface area contributed by atoms with Crippen molar-refractivity contribution in [2.45, 2.75) is 44.6 Å². The molecule has 1 amide bonds. The van der Waals surface area contributed by atoms with Crippen LogP contribution in [0.5, 0.6) is 5.75 Å². The lowest BCUT2D eigenvalue weighted by Crippen LogP contribution is -2.31. The van der Waals surface area contributed by atoms with Gasteiger partial charge in [-0.2, -0.15) is 9.40 Å². The monoisotopic (exact) mass is 482 g/mol. The number of aromatic nitrogens is 2. The third kappa shape index (κ3) is 4.45. The lowest BCUT2D eigenvalue weighted by atomic mass is 10.1. The molecule has 4 rings (SSSR count). The molecule has 1 heterocycles. The predicted octanol–water partition coefficient (Wildman–Crippen LogP) is 3.33. The summed E-state index contributed by atoms with van der Waals surface area (Å²) in [4.78, 5) is 13.0. The number of nitrogens with zero attached hydrogens (tertiary/aromatic N) is 3. The van der Waals surface area contributed by atoms with Gasteiger partial charge in [-0.15, -0.1) is 0 Å². The van der Waals surface area contributed by atoms with E-state index in [1.165, 1.54) is 34.8 Å². The second kappa shape index (κ2) is 9.99. The van der Waals surface area contributed by atoms with E-state index in [1.807, 2.05) is 35.0 Å². The zero-order valence-electron chi connectivity index (χ0n) is 19.7. The number of benzene rings is 2. The van der Waals surface area contributed by atoms with Crippen LogP contribution in [-0.4, -0.2) is 48.6 Å². The maximum absolute atomic E-state index is 13.1. The van der Waals surface area contributed by atoms with Crippen LogP contribution < -0.4 is 10.1 Å². The molecule has 0 spiro atoms. The molecule has 1 aromatic heterocycles. The van der Waals surface area contributed by atoms with E-state index in [1.54, 1.807) is 19.9 Å². The summed E-state index contributed by atoms with van der Waals surface area (Å²) in [5, 5.41) is 7.70. The van der Waals surface area contributed by atoms with Gasteiger partial charge in [-0.1, -0.05) is 32.0 Å². The molecule has 180 valence electrons. The van der Waals surface area contributed by atoms with Gasteiger partial charge in [0.2, 0.25) is 10.0 Å². The maximum Gasteiger partial charge on any atom is 0.251 e. The van der Waals surface area contributed by atoms with Crippen molar-refractivity contribution in [3.8, 4) is 11.4 Å². The van der Waals surface area contributed by atoms with Gasteiger partial charge >= 0.3 is 0 Å². The number of nitrogens with one attached hydrogen (secondary N) is 1. The Bertz CT molecular complexity index is 1280. The third-order valence-electron chi connectivity index (χ3n) is 6.18. The van der Waals surface area contributed by atoms with E-state index in [0.29, 0.717) is 13.1 Å². The van der Waals surface area contributed by atoms with E-state index >= 15 is 0 Å². The molecular formula is C25H30N4O4S. The number of fused-ring (bicyclic) bond motifs is 1. The number of sulfonamides is 1. The molecule has 9 heteroatoms. The van der Waals surface area contributed by atoms with Crippen molar-refractivity contribution < 1.29 is 17.9 Å². The Morgan fingerprint density at radius 3 is 2.53 bits per heavy atom. The summed E-state index contributed by atoms with van der Waals surface area (Å²) < 4.78 is 34.8. The van der Waals surface area contributed by atoms with Gasteiger partial charge in [0.1, 0.15) is 10.6 Å². The molecule has 0 fully saturated rings. The lowest BCUT2D eigenvalue weighted by Gasteiger charge is -2.20. The molecule has 0 bridgehead atoms. The highest BCUT2D eigenvalue weighted by Gasteiger charge is 2.27. The quantitative estimate of drug-likeness (QED) is 0.505. The number of rotatable bonds is 9. The van der Waals surface area contributed by atoms with Crippen molar-refractivity contribution in [1.29, 1.82) is 0 Å². The molecule has 0 saturated carbocycles. The predicted molar refractivity (Wildman–Crippen MR) is 130 cm³/mol. The van der Waals surface area contributed by atoms with Crippen LogP contribution in [0.25, 0.3) is 5.69 Å². The second-order valence-corrected chi connectivity index (χ2v) is 10.0. The lowest BCUT2D eigenvalue weighted by molar-refractivity contribution is 0.0950. The van der Waals surface area contributed by atoms with Gasteiger partial charge in [-0.3, -0.25) is 4.79 Å². The number of carbonyl (C=O) groups is 1. The van der Waals surface area contributed by atoms with Crippen LogP contribution >= 0.6 is 0 Å². The number of hydrogen-bond donors (Lipinski definition) is 1. The topological polar surface area (TPSA) is 93.5 Å². The van der Waals surface area contributed by atoms with Crippen molar-refractivity contribution in [3.63, 3.8) is 0 Å². The Labute approximate surface area is 200 Å². The number of amides is 1. The van der Waals surface area contributed by atoms with E-state index in [0.717, 1.165) is 30.6 Å². The van der Waals surface area contributed by atoms with Gasteiger partial charge in [0.25, 0.3) is 5.91 Å².